The second kappa shape index (κ2) is 7.65. The van der Waals surface area contributed by atoms with Gasteiger partial charge in [0.15, 0.2) is 5.69 Å². The van der Waals surface area contributed by atoms with Gasteiger partial charge in [-0.3, -0.25) is 9.59 Å². The van der Waals surface area contributed by atoms with Crippen LogP contribution in [-0.2, 0) is 6.18 Å². The van der Waals surface area contributed by atoms with Crippen LogP contribution in [0.5, 0.6) is 0 Å². The Kier molecular flexibility index (Phi) is 5.56. The average Bonchev–Trinajstić information content (AvgIpc) is 3.46. The summed E-state index contributed by atoms with van der Waals surface area (Å²) in [6.45, 7) is 7.49. The van der Waals surface area contributed by atoms with Crippen LogP contribution in [0.2, 0.25) is 0 Å². The maximum atomic E-state index is 13.2. The molecule has 29 heavy (non-hydrogen) atoms. The third kappa shape index (κ3) is 4.36. The number of nitrogens with zero attached hydrogens (tertiary/aromatic N) is 3. The Balaban J connectivity index is 2.07. The van der Waals surface area contributed by atoms with E-state index >= 15 is 0 Å². The lowest BCUT2D eigenvalue weighted by atomic mass is 10.0. The highest BCUT2D eigenvalue weighted by molar-refractivity contribution is 5.92. The van der Waals surface area contributed by atoms with Crippen molar-refractivity contribution in [1.82, 2.24) is 14.7 Å². The monoisotopic (exact) mass is 407 g/mol. The van der Waals surface area contributed by atoms with Gasteiger partial charge in [-0.2, -0.15) is 18.3 Å². The normalized spacial score (nSPS) is 15.4. The summed E-state index contributed by atoms with van der Waals surface area (Å²) in [6.07, 6.45) is -2.76. The number of halogens is 3. The van der Waals surface area contributed by atoms with Gasteiger partial charge in [0.1, 0.15) is 0 Å². The van der Waals surface area contributed by atoms with Crippen molar-refractivity contribution in [3.8, 4) is 5.69 Å². The van der Waals surface area contributed by atoms with Crippen LogP contribution < -0.4 is 5.43 Å². The summed E-state index contributed by atoms with van der Waals surface area (Å²) in [5, 5.41) is 4.18. The molecule has 3 rings (SSSR count). The Morgan fingerprint density at radius 3 is 2.41 bits per heavy atom. The van der Waals surface area contributed by atoms with Gasteiger partial charge < -0.3 is 4.90 Å². The van der Waals surface area contributed by atoms with Gasteiger partial charge in [-0.1, -0.05) is 19.9 Å². The molecule has 1 aliphatic carbocycles. The summed E-state index contributed by atoms with van der Waals surface area (Å²) in [4.78, 5) is 27.4. The van der Waals surface area contributed by atoms with Crippen LogP contribution in [0.3, 0.4) is 0 Å². The third-order valence-corrected chi connectivity index (χ3v) is 5.31. The quantitative estimate of drug-likeness (QED) is 0.746. The van der Waals surface area contributed by atoms with Crippen molar-refractivity contribution in [1.29, 1.82) is 0 Å². The minimum absolute atomic E-state index is 0.0735. The number of hydrogen-bond acceptors (Lipinski definition) is 3. The van der Waals surface area contributed by atoms with Crippen molar-refractivity contribution in [2.75, 3.05) is 0 Å². The first kappa shape index (κ1) is 21.1. The van der Waals surface area contributed by atoms with E-state index < -0.39 is 23.1 Å². The molecule has 0 bridgehead atoms. The summed E-state index contributed by atoms with van der Waals surface area (Å²) in [6, 6.07) is 5.88. The molecule has 1 unspecified atom stereocenters. The lowest BCUT2D eigenvalue weighted by molar-refractivity contribution is -0.137. The maximum Gasteiger partial charge on any atom is 0.416 e. The molecule has 1 fully saturated rings. The first-order valence-corrected chi connectivity index (χ1v) is 9.62. The zero-order chi connectivity index (χ0) is 21.5. The number of alkyl halides is 3. The molecule has 0 saturated heterocycles. The van der Waals surface area contributed by atoms with E-state index in [1.165, 1.54) is 22.9 Å². The second-order valence-corrected chi connectivity index (χ2v) is 7.89. The van der Waals surface area contributed by atoms with Gasteiger partial charge in [0, 0.05) is 23.8 Å². The summed E-state index contributed by atoms with van der Waals surface area (Å²) >= 11 is 0. The van der Waals surface area contributed by atoms with Gasteiger partial charge in [-0.25, -0.2) is 4.68 Å². The molecule has 0 radical (unpaired) electrons. The number of aryl methyl sites for hydroxylation is 1. The standard InChI is InChI=1S/C21H24F3N3O2/c1-12(2)14(4)26(16-8-9-16)20(29)19-18(28)10-13(3)27(25-19)17-7-5-6-15(11-17)21(22,23)24/h5-7,10-12,14,16H,8-9H2,1-4H3. The smallest absolute Gasteiger partial charge is 0.331 e. The zero-order valence-corrected chi connectivity index (χ0v) is 16.8. The van der Waals surface area contributed by atoms with Gasteiger partial charge in [-0.05, 0) is 50.8 Å². The predicted octanol–water partition coefficient (Wildman–Crippen LogP) is 4.21. The van der Waals surface area contributed by atoms with Crippen molar-refractivity contribution in [3.63, 3.8) is 0 Å². The average molecular weight is 407 g/mol. The molecule has 1 aromatic carbocycles. The number of carbonyl (C=O) groups excluding carboxylic acids is 1. The minimum Gasteiger partial charge on any atom is -0.331 e. The van der Waals surface area contributed by atoms with Crippen molar-refractivity contribution in [2.45, 2.75) is 58.8 Å². The number of benzene rings is 1. The third-order valence-electron chi connectivity index (χ3n) is 5.31. The molecule has 1 aromatic heterocycles. The summed E-state index contributed by atoms with van der Waals surface area (Å²) in [7, 11) is 0. The molecule has 0 aliphatic heterocycles. The lowest BCUT2D eigenvalue weighted by Crippen LogP contribution is -2.45. The Morgan fingerprint density at radius 2 is 1.86 bits per heavy atom. The largest absolute Gasteiger partial charge is 0.416 e. The Morgan fingerprint density at radius 1 is 1.21 bits per heavy atom. The highest BCUT2D eigenvalue weighted by atomic mass is 19.4. The number of hydrogen-bond donors (Lipinski definition) is 0. The number of aromatic nitrogens is 2. The molecular weight excluding hydrogens is 383 g/mol. The fourth-order valence-electron chi connectivity index (χ4n) is 3.25. The van der Waals surface area contributed by atoms with Crippen molar-refractivity contribution in [3.05, 3.63) is 57.5 Å². The van der Waals surface area contributed by atoms with Gasteiger partial charge in [-0.15, -0.1) is 0 Å². The molecule has 1 atom stereocenters. The number of carbonyl (C=O) groups is 1. The number of amides is 1. The van der Waals surface area contributed by atoms with E-state index in [0.717, 1.165) is 25.0 Å². The van der Waals surface area contributed by atoms with Crippen LogP contribution in [-0.4, -0.2) is 32.7 Å². The van der Waals surface area contributed by atoms with E-state index in [9.17, 15) is 22.8 Å². The molecule has 0 N–H and O–H groups in total. The topological polar surface area (TPSA) is 55.2 Å². The van der Waals surface area contributed by atoms with Crippen LogP contribution in [0.1, 0.15) is 55.4 Å². The van der Waals surface area contributed by atoms with Crippen LogP contribution >= 0.6 is 0 Å². The molecule has 0 spiro atoms. The van der Waals surface area contributed by atoms with Crippen LogP contribution in [0.4, 0.5) is 13.2 Å². The summed E-state index contributed by atoms with van der Waals surface area (Å²) in [5.74, 6) is -0.282. The predicted molar refractivity (Wildman–Crippen MR) is 103 cm³/mol. The molecule has 1 heterocycles. The van der Waals surface area contributed by atoms with Crippen LogP contribution in [0.15, 0.2) is 35.1 Å². The molecule has 1 saturated carbocycles. The SMILES string of the molecule is Cc1cc(=O)c(C(=O)N(C2CC2)C(C)C(C)C)nn1-c1cccc(C(F)(F)F)c1. The first-order valence-electron chi connectivity index (χ1n) is 9.62. The maximum absolute atomic E-state index is 13.2. The molecule has 2 aromatic rings. The van der Waals surface area contributed by atoms with E-state index in [-0.39, 0.29) is 29.4 Å². The first-order chi connectivity index (χ1) is 13.5. The highest BCUT2D eigenvalue weighted by Gasteiger charge is 2.38. The minimum atomic E-state index is -4.50. The van der Waals surface area contributed by atoms with Gasteiger partial charge >= 0.3 is 6.18 Å². The van der Waals surface area contributed by atoms with E-state index in [4.69, 9.17) is 0 Å². The molecule has 1 amide bonds. The van der Waals surface area contributed by atoms with E-state index in [1.54, 1.807) is 11.8 Å². The van der Waals surface area contributed by atoms with E-state index in [2.05, 4.69) is 5.10 Å². The van der Waals surface area contributed by atoms with E-state index in [0.29, 0.717) is 5.69 Å². The number of rotatable bonds is 5. The molecule has 1 aliphatic rings. The lowest BCUT2D eigenvalue weighted by Gasteiger charge is -2.31. The molecule has 156 valence electrons. The van der Waals surface area contributed by atoms with Crippen LogP contribution in [0, 0.1) is 12.8 Å². The van der Waals surface area contributed by atoms with Gasteiger partial charge in [0.05, 0.1) is 11.3 Å². The zero-order valence-electron chi connectivity index (χ0n) is 16.8. The van der Waals surface area contributed by atoms with Crippen molar-refractivity contribution < 1.29 is 18.0 Å². The van der Waals surface area contributed by atoms with Crippen LogP contribution in [0.25, 0.3) is 5.69 Å². The Hall–Kier alpha value is -2.64. The second-order valence-electron chi connectivity index (χ2n) is 7.89. The summed E-state index contributed by atoms with van der Waals surface area (Å²) in [5.41, 5.74) is -1.14. The fourth-order valence-corrected chi connectivity index (χ4v) is 3.25. The van der Waals surface area contributed by atoms with Crippen molar-refractivity contribution >= 4 is 5.91 Å². The Bertz CT molecular complexity index is 978. The van der Waals surface area contributed by atoms with Gasteiger partial charge in [0.2, 0.25) is 5.43 Å². The van der Waals surface area contributed by atoms with Gasteiger partial charge in [0.25, 0.3) is 5.91 Å². The molecule has 8 heteroatoms. The molecular formula is C21H24F3N3O2. The fraction of sp³-hybridized carbons (Fsp3) is 0.476. The summed E-state index contributed by atoms with van der Waals surface area (Å²) < 4.78 is 40.5. The Labute approximate surface area is 167 Å². The van der Waals surface area contributed by atoms with Crippen molar-refractivity contribution in [2.24, 2.45) is 5.92 Å². The van der Waals surface area contributed by atoms with E-state index in [1.807, 2.05) is 20.8 Å². The molecule has 5 nitrogen and oxygen atoms in total. The highest BCUT2D eigenvalue weighted by Crippen LogP contribution is 2.32.